The SMILES string of the molecule is Nc1ccc2ncnc(NC3(CO)CCCCC3)c2c1. The highest BCUT2D eigenvalue weighted by molar-refractivity contribution is 5.91. The van der Waals surface area contributed by atoms with Gasteiger partial charge in [0.15, 0.2) is 0 Å². The van der Waals surface area contributed by atoms with Crippen LogP contribution in [-0.4, -0.2) is 27.2 Å². The van der Waals surface area contributed by atoms with Crippen LogP contribution < -0.4 is 11.1 Å². The Hall–Kier alpha value is -1.88. The van der Waals surface area contributed by atoms with Crippen molar-refractivity contribution in [1.82, 2.24) is 9.97 Å². The fourth-order valence-corrected chi connectivity index (χ4v) is 2.98. The van der Waals surface area contributed by atoms with Gasteiger partial charge in [-0.25, -0.2) is 9.97 Å². The van der Waals surface area contributed by atoms with E-state index in [0.717, 1.165) is 42.4 Å². The van der Waals surface area contributed by atoms with Gasteiger partial charge in [0.05, 0.1) is 17.7 Å². The minimum absolute atomic E-state index is 0.126. The van der Waals surface area contributed by atoms with Gasteiger partial charge in [-0.2, -0.15) is 0 Å². The lowest BCUT2D eigenvalue weighted by atomic mass is 9.82. The molecule has 5 nitrogen and oxygen atoms in total. The summed E-state index contributed by atoms with van der Waals surface area (Å²) >= 11 is 0. The van der Waals surface area contributed by atoms with Crippen molar-refractivity contribution < 1.29 is 5.11 Å². The van der Waals surface area contributed by atoms with Crippen molar-refractivity contribution in [2.45, 2.75) is 37.6 Å². The molecule has 0 atom stereocenters. The summed E-state index contributed by atoms with van der Waals surface area (Å²) in [5.41, 5.74) is 7.15. The molecule has 1 aromatic heterocycles. The van der Waals surface area contributed by atoms with E-state index in [9.17, 15) is 5.11 Å². The van der Waals surface area contributed by atoms with Crippen LogP contribution in [0.2, 0.25) is 0 Å². The van der Waals surface area contributed by atoms with Crippen molar-refractivity contribution in [3.05, 3.63) is 24.5 Å². The average molecular weight is 272 g/mol. The highest BCUT2D eigenvalue weighted by Gasteiger charge is 2.31. The summed E-state index contributed by atoms with van der Waals surface area (Å²) < 4.78 is 0. The fraction of sp³-hybridized carbons (Fsp3) is 0.467. The third-order valence-corrected chi connectivity index (χ3v) is 4.16. The predicted molar refractivity (Wildman–Crippen MR) is 80.5 cm³/mol. The van der Waals surface area contributed by atoms with Gasteiger partial charge in [0.2, 0.25) is 0 Å². The van der Waals surface area contributed by atoms with Crippen molar-refractivity contribution >= 4 is 22.4 Å². The van der Waals surface area contributed by atoms with Crippen LogP contribution in [0.5, 0.6) is 0 Å². The number of aliphatic hydroxyl groups excluding tert-OH is 1. The Kier molecular flexibility index (Phi) is 3.44. The van der Waals surface area contributed by atoms with E-state index in [4.69, 9.17) is 5.73 Å². The fourth-order valence-electron chi connectivity index (χ4n) is 2.98. The summed E-state index contributed by atoms with van der Waals surface area (Å²) in [7, 11) is 0. The lowest BCUT2D eigenvalue weighted by Gasteiger charge is -2.37. The Balaban J connectivity index is 1.99. The Labute approximate surface area is 118 Å². The van der Waals surface area contributed by atoms with E-state index < -0.39 is 0 Å². The Morgan fingerprint density at radius 2 is 2.00 bits per heavy atom. The van der Waals surface area contributed by atoms with Gasteiger partial charge in [-0.05, 0) is 31.0 Å². The van der Waals surface area contributed by atoms with Gasteiger partial charge in [0.25, 0.3) is 0 Å². The summed E-state index contributed by atoms with van der Waals surface area (Å²) in [5.74, 6) is 0.762. The molecule has 5 heteroatoms. The molecule has 1 fully saturated rings. The van der Waals surface area contributed by atoms with Crippen LogP contribution in [0, 0.1) is 0 Å². The first kappa shape index (κ1) is 13.1. The van der Waals surface area contributed by atoms with E-state index in [0.29, 0.717) is 5.69 Å². The number of nitrogens with zero attached hydrogens (tertiary/aromatic N) is 2. The third-order valence-electron chi connectivity index (χ3n) is 4.16. The van der Waals surface area contributed by atoms with Gasteiger partial charge in [-0.1, -0.05) is 19.3 Å². The maximum Gasteiger partial charge on any atom is 0.137 e. The standard InChI is InChI=1S/C15H20N4O/c16-11-4-5-13-12(8-11)14(18-10-17-13)19-15(9-20)6-2-1-3-7-15/h4-5,8,10,20H,1-3,6-7,9,16H2,(H,17,18,19). The van der Waals surface area contributed by atoms with E-state index >= 15 is 0 Å². The minimum atomic E-state index is -0.260. The highest BCUT2D eigenvalue weighted by Crippen LogP contribution is 2.33. The van der Waals surface area contributed by atoms with Crippen molar-refractivity contribution in [3.8, 4) is 0 Å². The van der Waals surface area contributed by atoms with Gasteiger partial charge >= 0.3 is 0 Å². The normalized spacial score (nSPS) is 18.1. The van der Waals surface area contributed by atoms with Gasteiger partial charge in [0.1, 0.15) is 12.1 Å². The minimum Gasteiger partial charge on any atom is -0.399 e. The summed E-state index contributed by atoms with van der Waals surface area (Å²) in [6, 6.07) is 5.61. The molecule has 1 aliphatic rings. The maximum atomic E-state index is 9.80. The molecule has 2 aromatic rings. The molecule has 4 N–H and O–H groups in total. The van der Waals surface area contributed by atoms with Crippen LogP contribution >= 0.6 is 0 Å². The Morgan fingerprint density at radius 1 is 1.20 bits per heavy atom. The molecular formula is C15H20N4O. The smallest absolute Gasteiger partial charge is 0.137 e. The monoisotopic (exact) mass is 272 g/mol. The Bertz CT molecular complexity index is 608. The molecule has 0 amide bonds. The molecule has 20 heavy (non-hydrogen) atoms. The second-order valence-electron chi connectivity index (χ2n) is 5.62. The van der Waals surface area contributed by atoms with Gasteiger partial charge in [0, 0.05) is 11.1 Å². The molecule has 0 saturated heterocycles. The van der Waals surface area contributed by atoms with Crippen molar-refractivity contribution in [1.29, 1.82) is 0 Å². The number of rotatable bonds is 3. The van der Waals surface area contributed by atoms with Crippen LogP contribution in [-0.2, 0) is 0 Å². The van der Waals surface area contributed by atoms with Crippen LogP contribution in [0.15, 0.2) is 24.5 Å². The number of nitrogens with one attached hydrogen (secondary N) is 1. The topological polar surface area (TPSA) is 84.1 Å². The van der Waals surface area contributed by atoms with Crippen molar-refractivity contribution in [2.24, 2.45) is 0 Å². The number of anilines is 2. The highest BCUT2D eigenvalue weighted by atomic mass is 16.3. The molecule has 3 rings (SSSR count). The van der Waals surface area contributed by atoms with Gasteiger partial charge in [-0.3, -0.25) is 0 Å². The van der Waals surface area contributed by atoms with E-state index in [1.807, 2.05) is 18.2 Å². The van der Waals surface area contributed by atoms with E-state index in [2.05, 4.69) is 15.3 Å². The third kappa shape index (κ3) is 2.41. The lowest BCUT2D eigenvalue weighted by molar-refractivity contribution is 0.172. The molecule has 0 spiro atoms. The summed E-state index contributed by atoms with van der Waals surface area (Å²) in [4.78, 5) is 8.60. The zero-order valence-electron chi connectivity index (χ0n) is 11.5. The lowest BCUT2D eigenvalue weighted by Crippen LogP contribution is -2.44. The first-order chi connectivity index (χ1) is 9.72. The number of fused-ring (bicyclic) bond motifs is 1. The molecule has 0 bridgehead atoms. The molecular weight excluding hydrogens is 252 g/mol. The number of benzene rings is 1. The first-order valence-electron chi connectivity index (χ1n) is 7.12. The molecule has 1 heterocycles. The summed E-state index contributed by atoms with van der Waals surface area (Å²) in [6.07, 6.45) is 7.00. The number of hydrogen-bond acceptors (Lipinski definition) is 5. The van der Waals surface area contributed by atoms with Crippen LogP contribution in [0.3, 0.4) is 0 Å². The average Bonchev–Trinajstić information content (AvgIpc) is 2.49. The molecule has 1 saturated carbocycles. The molecule has 1 aliphatic carbocycles. The van der Waals surface area contributed by atoms with Crippen molar-refractivity contribution in [3.63, 3.8) is 0 Å². The second kappa shape index (κ2) is 5.25. The van der Waals surface area contributed by atoms with E-state index in [1.165, 1.54) is 6.42 Å². The van der Waals surface area contributed by atoms with E-state index in [1.54, 1.807) is 6.33 Å². The van der Waals surface area contributed by atoms with Gasteiger partial charge < -0.3 is 16.2 Å². The van der Waals surface area contributed by atoms with Gasteiger partial charge in [-0.15, -0.1) is 0 Å². The predicted octanol–water partition coefficient (Wildman–Crippen LogP) is 2.32. The van der Waals surface area contributed by atoms with Crippen LogP contribution in [0.4, 0.5) is 11.5 Å². The summed E-state index contributed by atoms with van der Waals surface area (Å²) in [6.45, 7) is 0.126. The molecule has 0 radical (unpaired) electrons. The largest absolute Gasteiger partial charge is 0.399 e. The number of nitrogens with two attached hydrogens (primary N) is 1. The number of aliphatic hydroxyl groups is 1. The first-order valence-corrected chi connectivity index (χ1v) is 7.12. The Morgan fingerprint density at radius 3 is 2.75 bits per heavy atom. The van der Waals surface area contributed by atoms with Crippen molar-refractivity contribution in [2.75, 3.05) is 17.7 Å². The molecule has 106 valence electrons. The summed E-state index contributed by atoms with van der Waals surface area (Å²) in [5, 5.41) is 14.2. The molecule has 0 unspecified atom stereocenters. The quantitative estimate of drug-likeness (QED) is 0.747. The number of hydrogen-bond donors (Lipinski definition) is 3. The maximum absolute atomic E-state index is 9.80. The number of nitrogen functional groups attached to an aromatic ring is 1. The van der Waals surface area contributed by atoms with Crippen LogP contribution in [0.25, 0.3) is 10.9 Å². The number of aromatic nitrogens is 2. The zero-order chi connectivity index (χ0) is 14.0. The van der Waals surface area contributed by atoms with Crippen LogP contribution in [0.1, 0.15) is 32.1 Å². The zero-order valence-corrected chi connectivity index (χ0v) is 11.5. The molecule has 1 aromatic carbocycles. The molecule has 0 aliphatic heterocycles. The van der Waals surface area contributed by atoms with E-state index in [-0.39, 0.29) is 12.1 Å². The second-order valence-corrected chi connectivity index (χ2v) is 5.62.